The molecule has 3 rings (SSSR count). The molecule has 0 aromatic rings. The van der Waals surface area contributed by atoms with Gasteiger partial charge in [0, 0.05) is 37.1 Å². The average Bonchev–Trinajstić information content (AvgIpc) is 3.43. The highest BCUT2D eigenvalue weighted by atomic mass is 35.5. The highest BCUT2D eigenvalue weighted by Crippen LogP contribution is 2.40. The molecular weight excluding hydrogens is 405 g/mol. The molecule has 1 fully saturated rings. The van der Waals surface area contributed by atoms with Gasteiger partial charge in [-0.1, -0.05) is 50.6 Å². The van der Waals surface area contributed by atoms with Crippen molar-refractivity contribution in [1.29, 1.82) is 0 Å². The van der Waals surface area contributed by atoms with Crippen LogP contribution in [0.15, 0.2) is 51.5 Å². The summed E-state index contributed by atoms with van der Waals surface area (Å²) in [6, 6.07) is 0.456. The van der Waals surface area contributed by atoms with Crippen LogP contribution in [0.4, 0.5) is 0 Å². The molecule has 0 bridgehead atoms. The van der Waals surface area contributed by atoms with Gasteiger partial charge in [0.05, 0.1) is 11.8 Å². The Labute approximate surface area is 186 Å². The highest BCUT2D eigenvalue weighted by molar-refractivity contribution is 6.30. The van der Waals surface area contributed by atoms with Crippen LogP contribution in [0.3, 0.4) is 0 Å². The van der Waals surface area contributed by atoms with Crippen molar-refractivity contribution in [2.75, 3.05) is 13.7 Å². The molecule has 0 aromatic heterocycles. The van der Waals surface area contributed by atoms with Crippen LogP contribution >= 0.6 is 23.2 Å². The number of nitrogens with zero attached hydrogens (tertiary/aromatic N) is 3. The third kappa shape index (κ3) is 6.37. The van der Waals surface area contributed by atoms with Gasteiger partial charge in [0.25, 0.3) is 0 Å². The molecular formula is C23H35Cl2N3O. The van der Waals surface area contributed by atoms with Crippen molar-refractivity contribution in [3.8, 4) is 0 Å². The second-order valence-corrected chi connectivity index (χ2v) is 8.50. The van der Waals surface area contributed by atoms with Crippen LogP contribution in [0.5, 0.6) is 0 Å². The summed E-state index contributed by atoms with van der Waals surface area (Å²) in [6.07, 6.45) is 11.5. The van der Waals surface area contributed by atoms with Crippen molar-refractivity contribution < 1.29 is 4.74 Å². The molecule has 0 amide bonds. The zero-order valence-electron chi connectivity index (χ0n) is 18.4. The Bertz CT molecular complexity index is 703. The van der Waals surface area contributed by atoms with Crippen molar-refractivity contribution >= 4 is 29.0 Å². The first-order valence-corrected chi connectivity index (χ1v) is 11.4. The predicted molar refractivity (Wildman–Crippen MR) is 125 cm³/mol. The van der Waals surface area contributed by atoms with E-state index in [0.717, 1.165) is 48.3 Å². The zero-order chi connectivity index (χ0) is 21.6. The monoisotopic (exact) mass is 439 g/mol. The summed E-state index contributed by atoms with van der Waals surface area (Å²) in [5.41, 5.74) is 2.26. The minimum absolute atomic E-state index is 0.00971. The number of ether oxygens (including phenoxy) is 1. The molecule has 6 heteroatoms. The van der Waals surface area contributed by atoms with Crippen molar-refractivity contribution in [3.05, 3.63) is 46.5 Å². The topological polar surface area (TPSA) is 28.1 Å². The predicted octanol–water partition coefficient (Wildman–Crippen LogP) is 6.60. The Kier molecular flexibility index (Phi) is 9.32. The van der Waals surface area contributed by atoms with E-state index < -0.39 is 0 Å². The highest BCUT2D eigenvalue weighted by Gasteiger charge is 2.37. The van der Waals surface area contributed by atoms with E-state index in [1.54, 1.807) is 7.11 Å². The molecule has 162 valence electrons. The van der Waals surface area contributed by atoms with Crippen LogP contribution in [-0.2, 0) is 4.74 Å². The molecule has 2 aliphatic heterocycles. The number of allylic oxidation sites excluding steroid dienone is 1. The van der Waals surface area contributed by atoms with E-state index in [-0.39, 0.29) is 6.10 Å². The normalized spacial score (nSPS) is 21.8. The Morgan fingerprint density at radius 3 is 2.62 bits per heavy atom. The zero-order valence-corrected chi connectivity index (χ0v) is 19.9. The lowest BCUT2D eigenvalue weighted by atomic mass is 10.1. The minimum Gasteiger partial charge on any atom is -0.377 e. The molecule has 4 nitrogen and oxygen atoms in total. The van der Waals surface area contributed by atoms with Gasteiger partial charge >= 0.3 is 0 Å². The van der Waals surface area contributed by atoms with Gasteiger partial charge in [0.15, 0.2) is 5.84 Å². The summed E-state index contributed by atoms with van der Waals surface area (Å²) in [6.45, 7) is 13.3. The molecule has 0 aromatic carbocycles. The van der Waals surface area contributed by atoms with Gasteiger partial charge in [0.2, 0.25) is 0 Å². The van der Waals surface area contributed by atoms with Crippen LogP contribution in [0, 0.1) is 5.92 Å². The molecule has 0 N–H and O–H groups in total. The fourth-order valence-electron chi connectivity index (χ4n) is 3.93. The van der Waals surface area contributed by atoms with Gasteiger partial charge in [-0.25, -0.2) is 4.99 Å². The fourth-order valence-corrected chi connectivity index (χ4v) is 4.25. The number of methoxy groups -OCH3 is 1. The molecule has 1 saturated carbocycles. The first kappa shape index (κ1) is 24.0. The summed E-state index contributed by atoms with van der Waals surface area (Å²) < 4.78 is 5.53. The quantitative estimate of drug-likeness (QED) is 0.417. The molecule has 0 radical (unpaired) electrons. The molecule has 1 aliphatic carbocycles. The van der Waals surface area contributed by atoms with E-state index in [4.69, 9.17) is 27.9 Å². The van der Waals surface area contributed by atoms with Crippen molar-refractivity contribution in [2.24, 2.45) is 10.9 Å². The Balaban J connectivity index is 0.00000145. The summed E-state index contributed by atoms with van der Waals surface area (Å²) in [4.78, 5) is 9.01. The fraction of sp³-hybridized carbons (Fsp3) is 0.609. The van der Waals surface area contributed by atoms with E-state index >= 15 is 0 Å². The number of hydrogen-bond donors (Lipinski definition) is 0. The van der Waals surface area contributed by atoms with E-state index in [1.165, 1.54) is 18.4 Å². The Morgan fingerprint density at radius 1 is 1.38 bits per heavy atom. The smallest absolute Gasteiger partial charge is 0.157 e. The Hall–Kier alpha value is -1.23. The summed E-state index contributed by atoms with van der Waals surface area (Å²) in [7, 11) is 1.71. The van der Waals surface area contributed by atoms with Gasteiger partial charge in [-0.2, -0.15) is 0 Å². The maximum Gasteiger partial charge on any atom is 0.157 e. The van der Waals surface area contributed by atoms with Crippen LogP contribution in [0.2, 0.25) is 0 Å². The number of hydrogen-bond acceptors (Lipinski definition) is 4. The number of amidine groups is 1. The SMILES string of the molecule is C=C1C(N2C=C(CC(/C=C(\C)Cl)OC)CC2)=NC(Cl)=CN1C(CC)C1CC1.CC. The van der Waals surface area contributed by atoms with Gasteiger partial charge in [-0.05, 0) is 56.6 Å². The van der Waals surface area contributed by atoms with Crippen LogP contribution < -0.4 is 0 Å². The number of aliphatic imine (C=N–C) groups is 1. The lowest BCUT2D eigenvalue weighted by molar-refractivity contribution is 0.140. The molecule has 0 saturated heterocycles. The average molecular weight is 440 g/mol. The van der Waals surface area contributed by atoms with Crippen LogP contribution in [0.1, 0.15) is 59.8 Å². The van der Waals surface area contributed by atoms with Gasteiger partial charge in [0.1, 0.15) is 5.16 Å². The van der Waals surface area contributed by atoms with E-state index in [9.17, 15) is 0 Å². The van der Waals surface area contributed by atoms with Gasteiger partial charge < -0.3 is 14.5 Å². The molecule has 3 aliphatic rings. The van der Waals surface area contributed by atoms with Gasteiger partial charge in [-0.15, -0.1) is 0 Å². The first-order chi connectivity index (χ1) is 13.9. The molecule has 29 heavy (non-hydrogen) atoms. The molecule has 0 spiro atoms. The summed E-state index contributed by atoms with van der Waals surface area (Å²) >= 11 is 12.4. The van der Waals surface area contributed by atoms with Crippen molar-refractivity contribution in [2.45, 2.75) is 71.9 Å². The maximum absolute atomic E-state index is 6.38. The Morgan fingerprint density at radius 2 is 2.07 bits per heavy atom. The van der Waals surface area contributed by atoms with E-state index in [0.29, 0.717) is 11.2 Å². The second-order valence-electron chi connectivity index (χ2n) is 7.52. The minimum atomic E-state index is -0.00971. The van der Waals surface area contributed by atoms with E-state index in [2.05, 4.69) is 34.5 Å². The van der Waals surface area contributed by atoms with Gasteiger partial charge in [-0.3, -0.25) is 0 Å². The third-order valence-corrected chi connectivity index (χ3v) is 5.74. The molecule has 2 unspecified atom stereocenters. The van der Waals surface area contributed by atoms with E-state index in [1.807, 2.05) is 33.0 Å². The third-order valence-electron chi connectivity index (χ3n) is 5.44. The maximum atomic E-state index is 6.38. The molecule has 2 heterocycles. The second kappa shape index (κ2) is 11.2. The van der Waals surface area contributed by atoms with Crippen molar-refractivity contribution in [1.82, 2.24) is 9.80 Å². The van der Waals surface area contributed by atoms with Crippen LogP contribution in [0.25, 0.3) is 0 Å². The summed E-state index contributed by atoms with van der Waals surface area (Å²) in [5.74, 6) is 1.60. The lowest BCUT2D eigenvalue weighted by Gasteiger charge is -2.36. The summed E-state index contributed by atoms with van der Waals surface area (Å²) in [5, 5.41) is 1.27. The van der Waals surface area contributed by atoms with Crippen molar-refractivity contribution in [3.63, 3.8) is 0 Å². The first-order valence-electron chi connectivity index (χ1n) is 10.7. The standard InChI is InChI=1S/C21H29Cl2N3O.C2H6/c1-5-19(17-6-7-17)26-13-20(23)24-21(15(26)3)25-9-8-16(12-25)11-18(27-4)10-14(2)22;1-2/h10,12-13,17-19H,3,5-9,11H2,1-2,4H3;1-2H3/b14-10+;. The largest absolute Gasteiger partial charge is 0.377 e. The number of rotatable bonds is 7. The number of halogens is 2. The molecule has 2 atom stereocenters. The lowest BCUT2D eigenvalue weighted by Crippen LogP contribution is -2.40. The van der Waals surface area contributed by atoms with Crippen LogP contribution in [-0.4, -0.2) is 41.4 Å².